The zero-order valence-corrected chi connectivity index (χ0v) is 72.3. The maximum absolute atomic E-state index is 13.8. The number of nitrogens with zero attached hydrogens (tertiary/aromatic N) is 9. The SMILES string of the molecule is Fc1ccc(NC(=S)N/N=C\c2ccc(OP3(Oc4ccc(/C=N\NC(=S)Nc5ccc(F)cc5)cc4)=NP(Oc4ccc(/C=N\NC(=S)Nc5ccc(F)cc5)cc4)(Oc4ccc(/C=N/NC(=S)Nc5ccc(F)cc5)cc4)=NP(Oc4ccc(/C=N/NC(=S)Nc5ccc(F)cc5)cc4)(Oc4ccc(/C=N/NC(=S)Nc5ccc(F)cc5)cc4)=N3)cc2)cc1. The summed E-state index contributed by atoms with van der Waals surface area (Å²) < 4.78 is 143. The monoisotopic (exact) mass is 1860 g/mol. The predicted octanol–water partition coefficient (Wildman–Crippen LogP) is 21.1. The number of anilines is 6. The molecule has 636 valence electrons. The molecule has 126 heavy (non-hydrogen) atoms. The summed E-state index contributed by atoms with van der Waals surface area (Å²) in [6.07, 6.45) is 8.93. The van der Waals surface area contributed by atoms with Crippen molar-refractivity contribution in [2.75, 3.05) is 31.9 Å². The minimum absolute atomic E-state index is 0.0935. The molecule has 12 aromatic carbocycles. The topological polar surface area (TPSA) is 311 Å². The third-order valence-corrected chi connectivity index (χ3v) is 25.5. The van der Waals surface area contributed by atoms with E-state index < -0.39 is 57.9 Å². The Labute approximate surface area is 749 Å². The minimum Gasteiger partial charge on any atom is -0.413 e. The van der Waals surface area contributed by atoms with Gasteiger partial charge in [0.1, 0.15) is 69.4 Å². The summed E-state index contributed by atoms with van der Waals surface area (Å²) in [6.45, 7) is 0. The van der Waals surface area contributed by atoms with Crippen molar-refractivity contribution in [1.82, 2.24) is 32.6 Å². The van der Waals surface area contributed by atoms with E-state index >= 15 is 0 Å². The van der Waals surface area contributed by atoms with Crippen molar-refractivity contribution in [2.45, 2.75) is 0 Å². The van der Waals surface area contributed by atoms with Crippen molar-refractivity contribution in [2.24, 2.45) is 44.2 Å². The fourth-order valence-corrected chi connectivity index (χ4v) is 20.5. The van der Waals surface area contributed by atoms with Gasteiger partial charge in [-0.25, -0.2) is 26.3 Å². The smallest absolute Gasteiger partial charge is 0.413 e. The third-order valence-electron chi connectivity index (χ3n) is 16.2. The summed E-state index contributed by atoms with van der Waals surface area (Å²) in [5, 5.41) is 44.3. The molecular weight excluding hydrogens is 1800 g/mol. The quantitative estimate of drug-likeness (QED) is 0.00654. The molecule has 1 aliphatic rings. The van der Waals surface area contributed by atoms with Crippen molar-refractivity contribution in [3.63, 3.8) is 0 Å². The van der Waals surface area contributed by atoms with Crippen LogP contribution in [0.15, 0.2) is 335 Å². The van der Waals surface area contributed by atoms with Gasteiger partial charge in [0.2, 0.25) is 0 Å². The molecule has 1 atom stereocenters. The van der Waals surface area contributed by atoms with Crippen LogP contribution in [-0.4, -0.2) is 68.0 Å². The molecule has 0 saturated heterocycles. The van der Waals surface area contributed by atoms with Gasteiger partial charge in [0, 0.05) is 34.1 Å². The van der Waals surface area contributed by atoms with E-state index in [0.29, 0.717) is 67.5 Å². The van der Waals surface area contributed by atoms with Crippen molar-refractivity contribution in [1.29, 1.82) is 0 Å². The van der Waals surface area contributed by atoms with E-state index in [1.807, 2.05) is 0 Å². The lowest BCUT2D eigenvalue weighted by atomic mass is 10.2. The van der Waals surface area contributed by atoms with Gasteiger partial charge in [-0.05, 0) is 398 Å². The highest BCUT2D eigenvalue weighted by Crippen LogP contribution is 2.78. The Morgan fingerprint density at radius 1 is 0.206 bits per heavy atom. The van der Waals surface area contributed by atoms with Gasteiger partial charge in [0.25, 0.3) is 0 Å². The molecule has 1 aliphatic heterocycles. The van der Waals surface area contributed by atoms with Crippen molar-refractivity contribution >= 4 is 198 Å². The minimum atomic E-state index is -4.74. The van der Waals surface area contributed by atoms with Crippen LogP contribution in [0.5, 0.6) is 34.5 Å². The fourth-order valence-electron chi connectivity index (χ4n) is 10.4. The first kappa shape index (κ1) is 89.6. The summed E-state index contributed by atoms with van der Waals surface area (Å²) in [5.74, 6) is -2.00. The molecule has 1 unspecified atom stereocenters. The van der Waals surface area contributed by atoms with Crippen LogP contribution in [0.25, 0.3) is 0 Å². The van der Waals surface area contributed by atoms with E-state index in [1.54, 1.807) is 146 Å². The highest BCUT2D eigenvalue weighted by atomic mass is 32.1. The molecule has 42 heteroatoms. The van der Waals surface area contributed by atoms with Crippen LogP contribution < -0.4 is 91.6 Å². The van der Waals surface area contributed by atoms with Crippen molar-refractivity contribution < 1.29 is 53.5 Å². The lowest BCUT2D eigenvalue weighted by Gasteiger charge is -2.33. The highest BCUT2D eigenvalue weighted by molar-refractivity contribution is 7.81. The molecule has 0 aliphatic carbocycles. The Balaban J connectivity index is 0.940. The summed E-state index contributed by atoms with van der Waals surface area (Å²) >= 11 is 32.9. The van der Waals surface area contributed by atoms with E-state index in [9.17, 15) is 26.3 Å². The number of nitrogens with one attached hydrogen (secondary N) is 12. The molecule has 0 spiro atoms. The number of hydrazone groups is 6. The average molecular weight is 1860 g/mol. The number of halogens is 6. The van der Waals surface area contributed by atoms with Gasteiger partial charge < -0.3 is 59.0 Å². The van der Waals surface area contributed by atoms with Crippen LogP contribution in [0.2, 0.25) is 0 Å². The Morgan fingerprint density at radius 3 is 0.460 bits per heavy atom. The number of thiocarbonyl (C=S) groups is 6. The molecule has 0 amide bonds. The van der Waals surface area contributed by atoms with Crippen molar-refractivity contribution in [3.8, 4) is 34.5 Å². The second kappa shape index (κ2) is 43.8. The zero-order chi connectivity index (χ0) is 88.1. The molecular formula is C84H66F6N21O6P3S6. The number of rotatable bonds is 30. The summed E-state index contributed by atoms with van der Waals surface area (Å²) in [7, 11) is -14.2. The van der Waals surface area contributed by atoms with Gasteiger partial charge in [-0.2, -0.15) is 30.6 Å². The van der Waals surface area contributed by atoms with Gasteiger partial charge in [0.05, 0.1) is 37.3 Å². The summed E-state index contributed by atoms with van der Waals surface area (Å²) in [6, 6.07) is 72.9. The molecule has 12 N–H and O–H groups in total. The molecule has 0 bridgehead atoms. The summed E-state index contributed by atoms with van der Waals surface area (Å²) in [5.41, 5.74) is 22.9. The van der Waals surface area contributed by atoms with Crippen LogP contribution in [0.1, 0.15) is 33.4 Å². The van der Waals surface area contributed by atoms with Crippen LogP contribution in [0, 0.1) is 34.9 Å². The number of hydrogen-bond acceptors (Lipinski definition) is 21. The lowest BCUT2D eigenvalue weighted by Crippen LogP contribution is -2.23. The lowest BCUT2D eigenvalue weighted by molar-refractivity contribution is 0.443. The molecule has 0 fully saturated rings. The molecule has 13 rings (SSSR count). The maximum Gasteiger partial charge on any atom is 0.460 e. The van der Waals surface area contributed by atoms with Gasteiger partial charge in [-0.3, -0.25) is 32.6 Å². The fraction of sp³-hybridized carbons (Fsp3) is 0. The first-order valence-corrected chi connectivity index (χ1v) is 43.9. The predicted molar refractivity (Wildman–Crippen MR) is 511 cm³/mol. The van der Waals surface area contributed by atoms with Crippen molar-refractivity contribution in [3.05, 3.63) is 359 Å². The van der Waals surface area contributed by atoms with E-state index in [0.717, 1.165) is 0 Å². The summed E-state index contributed by atoms with van der Waals surface area (Å²) in [4.78, 5) is 0. The van der Waals surface area contributed by atoms with Crippen LogP contribution in [-0.2, 0) is 0 Å². The Bertz CT molecular complexity index is 5280. The third kappa shape index (κ3) is 28.5. The molecule has 0 aromatic heterocycles. The molecule has 27 nitrogen and oxygen atoms in total. The van der Waals surface area contributed by atoms with Crippen LogP contribution in [0.3, 0.4) is 0 Å². The molecule has 12 aromatic rings. The first-order chi connectivity index (χ1) is 61.0. The maximum atomic E-state index is 13.8. The van der Waals surface area contributed by atoms with E-state index in [-0.39, 0.29) is 65.2 Å². The molecule has 0 radical (unpaired) electrons. The zero-order valence-electron chi connectivity index (χ0n) is 64.7. The Morgan fingerprint density at radius 2 is 0.333 bits per heavy atom. The number of benzene rings is 12. The largest absolute Gasteiger partial charge is 0.460 e. The normalized spacial score (nSPS) is 13.7. The highest BCUT2D eigenvalue weighted by Gasteiger charge is 2.49. The van der Waals surface area contributed by atoms with Crippen LogP contribution in [0.4, 0.5) is 60.5 Å². The van der Waals surface area contributed by atoms with Gasteiger partial charge in [0.15, 0.2) is 30.7 Å². The standard InChI is InChI=1S/C84H66F6N21O6P3S6/c85-61-13-25-67(26-14-61)97-79(121)103-91-49-55-1-37-73(38-2-55)112-118(113-74-39-3-56(4-40-74)50-92-104-80(122)98-68-27-15-62(86)16-28-68)109-119(114-75-41-5-57(6-42-75)51-93-105-81(123)99-69-29-17-63(87)18-30-69,115-76-43-7-58(8-44-76)52-94-106-82(124)100-70-31-19-64(88)20-32-70)111-120(110-118,116-77-45-9-59(10-46-77)53-95-107-83(125)101-71-33-21-65(89)22-34-71)117-78-47-11-60(12-48-78)54-96-108-84(126)102-72-35-23-66(90)24-36-72/h1-54H,(H2,97,103,121)(H2,98,104,122)(H2,99,105,123)(H2,100,106,124)(H2,101,107,125)(H2,102,108,126)/b91-49-,92-50-,93-51-,94-52+,95-53+,96-54+. The van der Waals surface area contributed by atoms with Gasteiger partial charge >= 0.3 is 23.0 Å². The molecule has 0 saturated carbocycles. The van der Waals surface area contributed by atoms with E-state index in [4.69, 9.17) is 114 Å². The number of hydrogen-bond donors (Lipinski definition) is 12. The second-order valence-corrected chi connectivity index (χ2v) is 34.3. The Kier molecular flexibility index (Phi) is 31.1. The van der Waals surface area contributed by atoms with Gasteiger partial charge in [-0.1, -0.05) is 13.5 Å². The second-order valence-electron chi connectivity index (χ2n) is 25.7. The average Bonchev–Trinajstić information content (AvgIpc) is 0.728. The Hall–Kier alpha value is -14.1. The van der Waals surface area contributed by atoms with Crippen LogP contribution >= 0.6 is 96.3 Å². The van der Waals surface area contributed by atoms with E-state index in [2.05, 4.69) is 95.1 Å². The van der Waals surface area contributed by atoms with E-state index in [1.165, 1.54) is 183 Å². The molecule has 1 heterocycles. The first-order valence-electron chi connectivity index (χ1n) is 36.9. The van der Waals surface area contributed by atoms with Gasteiger partial charge in [-0.15, -0.1) is 0 Å².